The van der Waals surface area contributed by atoms with Crippen LogP contribution in [0, 0.1) is 12.3 Å². The molecule has 1 atom stereocenters. The summed E-state index contributed by atoms with van der Waals surface area (Å²) in [4.78, 5) is 13.0. The van der Waals surface area contributed by atoms with Crippen LogP contribution in [0.25, 0.3) is 0 Å². The Balaban J connectivity index is 1.99. The molecule has 2 heterocycles. The third-order valence-corrected chi connectivity index (χ3v) is 5.34. The number of rotatable bonds is 1. The van der Waals surface area contributed by atoms with E-state index in [1.165, 1.54) is 12.1 Å². The molecule has 0 fully saturated rings. The number of H-pyrrole nitrogens is 1. The van der Waals surface area contributed by atoms with Gasteiger partial charge in [-0.2, -0.15) is 18.3 Å². The Morgan fingerprint density at radius 1 is 1.19 bits per heavy atom. The first-order valence-electron chi connectivity index (χ1n) is 8.83. The molecule has 27 heavy (non-hydrogen) atoms. The Morgan fingerprint density at radius 2 is 1.89 bits per heavy atom. The highest BCUT2D eigenvalue weighted by Crippen LogP contribution is 2.51. The van der Waals surface area contributed by atoms with Crippen LogP contribution in [0.1, 0.15) is 55.0 Å². The van der Waals surface area contributed by atoms with Crippen molar-refractivity contribution < 1.29 is 18.0 Å². The third kappa shape index (κ3) is 2.85. The highest BCUT2D eigenvalue weighted by atomic mass is 19.4. The van der Waals surface area contributed by atoms with E-state index in [1.807, 2.05) is 13.8 Å². The van der Waals surface area contributed by atoms with Gasteiger partial charge in [0.15, 0.2) is 11.6 Å². The van der Waals surface area contributed by atoms with Gasteiger partial charge in [0.25, 0.3) is 0 Å². The second-order valence-corrected chi connectivity index (χ2v) is 8.09. The standard InChI is InChI=1S/C20H20F3N3O/c1-10-15-16(11-6-4-5-7-12(11)20(21,22)23)17-13(24-18(15)26-25-10)8-19(2,3)9-14(17)27/h4-7,16H,8-9H2,1-3H3,(H2,24,25,26). The summed E-state index contributed by atoms with van der Waals surface area (Å²) in [6.07, 6.45) is -3.61. The predicted molar refractivity (Wildman–Crippen MR) is 95.3 cm³/mol. The summed E-state index contributed by atoms with van der Waals surface area (Å²) in [5.41, 5.74) is 1.51. The molecule has 1 aliphatic heterocycles. The average molecular weight is 375 g/mol. The lowest BCUT2D eigenvalue weighted by molar-refractivity contribution is -0.138. The van der Waals surface area contributed by atoms with Gasteiger partial charge in [0, 0.05) is 34.9 Å². The van der Waals surface area contributed by atoms with E-state index in [0.29, 0.717) is 41.2 Å². The first-order valence-corrected chi connectivity index (χ1v) is 8.83. The minimum atomic E-state index is -4.50. The van der Waals surface area contributed by atoms with Crippen LogP contribution in [-0.4, -0.2) is 16.0 Å². The molecule has 0 radical (unpaired) electrons. The van der Waals surface area contributed by atoms with Gasteiger partial charge in [-0.05, 0) is 30.4 Å². The topological polar surface area (TPSA) is 57.8 Å². The molecule has 0 amide bonds. The SMILES string of the molecule is Cc1[nH]nc2c1C(c1ccccc1C(F)(F)F)C1=C(CC(C)(C)CC1=O)N2. The molecule has 1 aromatic heterocycles. The molecule has 1 aromatic carbocycles. The van der Waals surface area contributed by atoms with E-state index in [4.69, 9.17) is 0 Å². The van der Waals surface area contributed by atoms with Gasteiger partial charge in [-0.3, -0.25) is 9.89 Å². The van der Waals surface area contributed by atoms with Crippen molar-refractivity contribution in [2.24, 2.45) is 5.41 Å². The Kier molecular flexibility index (Phi) is 3.77. The van der Waals surface area contributed by atoms with Crippen molar-refractivity contribution in [2.45, 2.75) is 45.7 Å². The first kappa shape index (κ1) is 17.8. The number of anilines is 1. The van der Waals surface area contributed by atoms with Crippen LogP contribution in [0.3, 0.4) is 0 Å². The van der Waals surface area contributed by atoms with Crippen molar-refractivity contribution in [3.63, 3.8) is 0 Å². The number of aromatic amines is 1. The molecule has 2 N–H and O–H groups in total. The molecule has 0 saturated heterocycles. The Hall–Kier alpha value is -2.57. The van der Waals surface area contributed by atoms with Crippen molar-refractivity contribution in [3.8, 4) is 0 Å². The number of nitrogens with zero attached hydrogens (tertiary/aromatic N) is 1. The fourth-order valence-electron chi connectivity index (χ4n) is 4.27. The number of hydrogen-bond donors (Lipinski definition) is 2. The van der Waals surface area contributed by atoms with Gasteiger partial charge in [-0.25, -0.2) is 0 Å². The van der Waals surface area contributed by atoms with E-state index in [9.17, 15) is 18.0 Å². The number of halogens is 3. The molecule has 2 aliphatic rings. The molecule has 1 aliphatic carbocycles. The van der Waals surface area contributed by atoms with Crippen molar-refractivity contribution in [2.75, 3.05) is 5.32 Å². The van der Waals surface area contributed by atoms with Crippen molar-refractivity contribution in [1.82, 2.24) is 10.2 Å². The van der Waals surface area contributed by atoms with E-state index in [1.54, 1.807) is 13.0 Å². The van der Waals surface area contributed by atoms with Crippen molar-refractivity contribution in [3.05, 3.63) is 57.9 Å². The average Bonchev–Trinajstić information content (AvgIpc) is 2.92. The highest BCUT2D eigenvalue weighted by molar-refractivity contribution is 6.01. The minimum Gasteiger partial charge on any atom is -0.342 e. The minimum absolute atomic E-state index is 0.0952. The maximum Gasteiger partial charge on any atom is 0.416 e. The fraction of sp³-hybridized carbons (Fsp3) is 0.400. The summed E-state index contributed by atoms with van der Waals surface area (Å²) >= 11 is 0. The van der Waals surface area contributed by atoms with Gasteiger partial charge in [0.1, 0.15) is 0 Å². The van der Waals surface area contributed by atoms with Gasteiger partial charge in [-0.15, -0.1) is 0 Å². The Labute approximate surface area is 154 Å². The number of hydrogen-bond acceptors (Lipinski definition) is 3. The summed E-state index contributed by atoms with van der Waals surface area (Å²) in [5.74, 6) is -0.392. The van der Waals surface area contributed by atoms with Gasteiger partial charge in [0.2, 0.25) is 0 Å². The smallest absolute Gasteiger partial charge is 0.342 e. The van der Waals surface area contributed by atoms with Crippen molar-refractivity contribution in [1.29, 1.82) is 0 Å². The number of nitrogens with one attached hydrogen (secondary N) is 2. The van der Waals surface area contributed by atoms with Crippen LogP contribution >= 0.6 is 0 Å². The summed E-state index contributed by atoms with van der Waals surface area (Å²) in [5, 5.41) is 10.3. The first-order chi connectivity index (χ1) is 12.6. The van der Waals surface area contributed by atoms with Gasteiger partial charge in [-0.1, -0.05) is 32.0 Å². The number of carbonyl (C=O) groups is 1. The van der Waals surface area contributed by atoms with Gasteiger partial charge < -0.3 is 5.32 Å². The van der Waals surface area contributed by atoms with Crippen LogP contribution in [0.2, 0.25) is 0 Å². The number of alkyl halides is 3. The highest BCUT2D eigenvalue weighted by Gasteiger charge is 2.45. The molecular weight excluding hydrogens is 355 g/mol. The molecule has 4 rings (SSSR count). The Morgan fingerprint density at radius 3 is 2.59 bits per heavy atom. The van der Waals surface area contributed by atoms with Crippen LogP contribution in [0.4, 0.5) is 19.0 Å². The second-order valence-electron chi connectivity index (χ2n) is 8.09. The number of Topliss-reactive ketones (excluding diaryl/α,β-unsaturated/α-hetero) is 1. The predicted octanol–water partition coefficient (Wildman–Crippen LogP) is 4.94. The molecule has 1 unspecified atom stereocenters. The van der Waals surface area contributed by atoms with Gasteiger partial charge in [0.05, 0.1) is 5.56 Å². The van der Waals surface area contributed by atoms with Crippen molar-refractivity contribution >= 4 is 11.6 Å². The summed E-state index contributed by atoms with van der Waals surface area (Å²) in [7, 11) is 0. The lowest BCUT2D eigenvalue weighted by Gasteiger charge is -2.38. The van der Waals surface area contributed by atoms with Gasteiger partial charge >= 0.3 is 6.18 Å². The second kappa shape index (κ2) is 5.71. The lowest BCUT2D eigenvalue weighted by Crippen LogP contribution is -2.34. The summed E-state index contributed by atoms with van der Waals surface area (Å²) in [6, 6.07) is 5.49. The fourth-order valence-corrected chi connectivity index (χ4v) is 4.27. The Bertz CT molecular complexity index is 969. The number of benzene rings is 1. The summed E-state index contributed by atoms with van der Waals surface area (Å²) < 4.78 is 41.1. The number of ketones is 1. The maximum absolute atomic E-state index is 13.7. The third-order valence-electron chi connectivity index (χ3n) is 5.34. The van der Waals surface area contributed by atoms with Crippen LogP contribution in [-0.2, 0) is 11.0 Å². The van der Waals surface area contributed by atoms with E-state index >= 15 is 0 Å². The molecule has 2 aromatic rings. The van der Waals surface area contributed by atoms with Crippen LogP contribution in [0.5, 0.6) is 0 Å². The zero-order valence-electron chi connectivity index (χ0n) is 15.3. The molecule has 4 nitrogen and oxygen atoms in total. The molecule has 142 valence electrons. The molecule has 0 saturated carbocycles. The summed E-state index contributed by atoms with van der Waals surface area (Å²) in [6.45, 7) is 5.74. The number of allylic oxidation sites excluding steroid dienone is 2. The van der Waals surface area contributed by atoms with Crippen LogP contribution < -0.4 is 5.32 Å². The van der Waals surface area contributed by atoms with E-state index in [2.05, 4.69) is 15.5 Å². The molecule has 0 bridgehead atoms. The van der Waals surface area contributed by atoms with Crippen LogP contribution in [0.15, 0.2) is 35.5 Å². The zero-order chi connectivity index (χ0) is 19.6. The largest absolute Gasteiger partial charge is 0.416 e. The normalized spacial score (nSPS) is 21.6. The molecular formula is C20H20F3N3O. The number of aromatic nitrogens is 2. The number of fused-ring (bicyclic) bond motifs is 1. The van der Waals surface area contributed by atoms with E-state index < -0.39 is 17.7 Å². The zero-order valence-corrected chi connectivity index (χ0v) is 15.3. The maximum atomic E-state index is 13.7. The lowest BCUT2D eigenvalue weighted by atomic mass is 9.68. The molecule has 0 spiro atoms. The van der Waals surface area contributed by atoms with E-state index in [-0.39, 0.29) is 16.8 Å². The quantitative estimate of drug-likeness (QED) is 0.742. The van der Waals surface area contributed by atoms with E-state index in [0.717, 1.165) is 6.07 Å². The monoisotopic (exact) mass is 375 g/mol. The molecule has 7 heteroatoms. The number of carbonyl (C=O) groups excluding carboxylic acids is 1. The number of aryl methyl sites for hydroxylation is 1.